The minimum atomic E-state index is -0.122. The molecule has 1 aliphatic heterocycles. The van der Waals surface area contributed by atoms with Crippen LogP contribution in [-0.2, 0) is 6.54 Å². The highest BCUT2D eigenvalue weighted by atomic mass is 16.5. The van der Waals surface area contributed by atoms with Crippen LogP contribution < -0.4 is 15.4 Å². The Morgan fingerprint density at radius 3 is 2.59 bits per heavy atom. The fourth-order valence-corrected chi connectivity index (χ4v) is 4.61. The van der Waals surface area contributed by atoms with Crippen molar-refractivity contribution in [3.8, 4) is 5.75 Å². The first-order valence-corrected chi connectivity index (χ1v) is 12.2. The van der Waals surface area contributed by atoms with Crippen molar-refractivity contribution in [3.63, 3.8) is 0 Å². The van der Waals surface area contributed by atoms with Crippen LogP contribution in [0.5, 0.6) is 5.75 Å². The van der Waals surface area contributed by atoms with Crippen molar-refractivity contribution >= 4 is 17.2 Å². The van der Waals surface area contributed by atoms with E-state index in [0.29, 0.717) is 18.7 Å². The number of hydrogen-bond acceptors (Lipinski definition) is 4. The monoisotopic (exact) mass is 458 g/mol. The van der Waals surface area contributed by atoms with Gasteiger partial charge in [-0.05, 0) is 73.9 Å². The highest BCUT2D eigenvalue weighted by Crippen LogP contribution is 2.45. The molecule has 2 heterocycles. The van der Waals surface area contributed by atoms with Gasteiger partial charge in [0.15, 0.2) is 0 Å². The lowest BCUT2D eigenvalue weighted by molar-refractivity contribution is 0.0948. The van der Waals surface area contributed by atoms with E-state index in [1.54, 1.807) is 0 Å². The second-order valence-electron chi connectivity index (χ2n) is 8.85. The Kier molecular flexibility index (Phi) is 7.41. The van der Waals surface area contributed by atoms with Crippen LogP contribution >= 0.6 is 0 Å². The molecular weight excluding hydrogens is 424 g/mol. The van der Waals surface area contributed by atoms with Crippen LogP contribution in [0.25, 0.3) is 5.57 Å². The maximum atomic E-state index is 12.8. The van der Waals surface area contributed by atoms with Gasteiger partial charge >= 0.3 is 0 Å². The molecule has 1 aliphatic rings. The number of furan rings is 1. The van der Waals surface area contributed by atoms with E-state index in [-0.39, 0.29) is 17.9 Å². The Morgan fingerprint density at radius 1 is 1.12 bits per heavy atom. The number of carbonyl (C=O) groups excluding carboxylic acids is 1. The van der Waals surface area contributed by atoms with E-state index in [9.17, 15) is 4.79 Å². The van der Waals surface area contributed by atoms with E-state index in [4.69, 9.17) is 9.15 Å². The molecule has 1 aromatic heterocycles. The molecule has 0 fully saturated rings. The highest BCUT2D eigenvalue weighted by molar-refractivity contribution is 5.96. The van der Waals surface area contributed by atoms with Crippen molar-refractivity contribution in [2.75, 3.05) is 11.9 Å². The first-order valence-electron chi connectivity index (χ1n) is 12.2. The third-order valence-corrected chi connectivity index (χ3v) is 6.43. The summed E-state index contributed by atoms with van der Waals surface area (Å²) in [4.78, 5) is 12.8. The van der Waals surface area contributed by atoms with Gasteiger partial charge in [-0.2, -0.15) is 0 Å². The molecule has 0 bridgehead atoms. The summed E-state index contributed by atoms with van der Waals surface area (Å²) >= 11 is 0. The number of benzene rings is 2. The topological polar surface area (TPSA) is 63.5 Å². The van der Waals surface area contributed by atoms with Gasteiger partial charge < -0.3 is 19.8 Å². The van der Waals surface area contributed by atoms with Gasteiger partial charge in [0.1, 0.15) is 17.3 Å². The van der Waals surface area contributed by atoms with Crippen LogP contribution in [0.1, 0.15) is 72.2 Å². The second kappa shape index (κ2) is 10.6. The third kappa shape index (κ3) is 5.19. The average Bonchev–Trinajstić information content (AvgIpc) is 3.27. The SMILES string of the molecule is C=C1c2cc(C(=O)NCc3ccc(C)o3)ccc2NC(c2ccc(OCC)cc2)C1CCCC. The number of carbonyl (C=O) groups is 1. The molecule has 1 amide bonds. The molecule has 2 aromatic carbocycles. The van der Waals surface area contributed by atoms with Crippen molar-refractivity contribution in [3.05, 3.63) is 89.4 Å². The lowest BCUT2D eigenvalue weighted by Crippen LogP contribution is -2.28. The van der Waals surface area contributed by atoms with Crippen molar-refractivity contribution < 1.29 is 13.9 Å². The Balaban J connectivity index is 1.56. The molecule has 5 nitrogen and oxygen atoms in total. The molecule has 4 rings (SSSR count). The Bertz CT molecular complexity index is 1150. The van der Waals surface area contributed by atoms with Gasteiger partial charge in [-0.1, -0.05) is 38.5 Å². The average molecular weight is 459 g/mol. The Hall–Kier alpha value is -3.47. The number of rotatable bonds is 9. The summed E-state index contributed by atoms with van der Waals surface area (Å²) in [5, 5.41) is 6.68. The predicted molar refractivity (Wildman–Crippen MR) is 137 cm³/mol. The molecule has 5 heteroatoms. The highest BCUT2D eigenvalue weighted by Gasteiger charge is 2.32. The molecule has 2 N–H and O–H groups in total. The zero-order valence-electron chi connectivity index (χ0n) is 20.3. The van der Waals surface area contributed by atoms with E-state index in [1.807, 2.05) is 56.3 Å². The van der Waals surface area contributed by atoms with Crippen molar-refractivity contribution in [2.45, 2.75) is 52.6 Å². The number of amides is 1. The molecule has 3 aromatic rings. The maximum Gasteiger partial charge on any atom is 0.251 e. The van der Waals surface area contributed by atoms with Crippen LogP contribution in [0.15, 0.2) is 65.6 Å². The summed E-state index contributed by atoms with van der Waals surface area (Å²) in [6.07, 6.45) is 3.28. The van der Waals surface area contributed by atoms with Crippen molar-refractivity contribution in [1.29, 1.82) is 0 Å². The molecule has 0 aliphatic carbocycles. The minimum absolute atomic E-state index is 0.122. The third-order valence-electron chi connectivity index (χ3n) is 6.43. The van der Waals surface area contributed by atoms with Crippen LogP contribution in [-0.4, -0.2) is 12.5 Å². The molecule has 2 atom stereocenters. The molecule has 0 radical (unpaired) electrons. The number of nitrogens with one attached hydrogen (secondary N) is 2. The zero-order chi connectivity index (χ0) is 24.1. The number of aryl methyl sites for hydroxylation is 1. The van der Waals surface area contributed by atoms with Crippen molar-refractivity contribution in [1.82, 2.24) is 5.32 Å². The van der Waals surface area contributed by atoms with E-state index in [1.165, 1.54) is 5.56 Å². The molecule has 0 saturated heterocycles. The summed E-state index contributed by atoms with van der Waals surface area (Å²) in [5.74, 6) is 2.58. The lowest BCUT2D eigenvalue weighted by Gasteiger charge is -2.37. The zero-order valence-corrected chi connectivity index (χ0v) is 20.3. The van der Waals surface area contributed by atoms with Crippen LogP contribution in [0.3, 0.4) is 0 Å². The predicted octanol–water partition coefficient (Wildman–Crippen LogP) is 6.90. The molecule has 0 saturated carbocycles. The number of fused-ring (bicyclic) bond motifs is 1. The second-order valence-corrected chi connectivity index (χ2v) is 8.85. The summed E-state index contributed by atoms with van der Waals surface area (Å²) in [7, 11) is 0. The summed E-state index contributed by atoms with van der Waals surface area (Å²) < 4.78 is 11.2. The van der Waals surface area contributed by atoms with Crippen molar-refractivity contribution in [2.24, 2.45) is 5.92 Å². The fourth-order valence-electron chi connectivity index (χ4n) is 4.61. The summed E-state index contributed by atoms with van der Waals surface area (Å²) in [6.45, 7) is 11.6. The van der Waals surface area contributed by atoms with E-state index in [0.717, 1.165) is 53.4 Å². The standard InChI is InChI=1S/C29H34N2O3/c1-5-7-8-25-20(4)26-17-22(29(32)30-18-24-13-9-19(3)34-24)12-16-27(26)31-28(25)21-10-14-23(15-11-21)33-6-2/h9-17,25,28,31H,4-8,18H2,1-3H3,(H,30,32). The number of ether oxygens (including phenoxy) is 1. The minimum Gasteiger partial charge on any atom is -0.494 e. The summed E-state index contributed by atoms with van der Waals surface area (Å²) in [6, 6.07) is 18.1. The lowest BCUT2D eigenvalue weighted by atomic mass is 9.77. The fraction of sp³-hybridized carbons (Fsp3) is 0.345. The van der Waals surface area contributed by atoms with Crippen LogP contribution in [0.4, 0.5) is 5.69 Å². The van der Waals surface area contributed by atoms with Gasteiger partial charge in [0.05, 0.1) is 19.2 Å². The van der Waals surface area contributed by atoms with Gasteiger partial charge in [0.25, 0.3) is 5.91 Å². The molecular formula is C29H34N2O3. The smallest absolute Gasteiger partial charge is 0.251 e. The van der Waals surface area contributed by atoms with Crippen LogP contribution in [0.2, 0.25) is 0 Å². The Morgan fingerprint density at radius 2 is 1.91 bits per heavy atom. The number of hydrogen-bond donors (Lipinski definition) is 2. The van der Waals surface area contributed by atoms with E-state index in [2.05, 4.69) is 36.3 Å². The quantitative estimate of drug-likeness (QED) is 0.366. The normalized spacial score (nSPS) is 17.1. The first-order chi connectivity index (χ1) is 16.5. The number of anilines is 1. The van der Waals surface area contributed by atoms with E-state index >= 15 is 0 Å². The summed E-state index contributed by atoms with van der Waals surface area (Å²) in [5.41, 5.74) is 4.95. The Labute approximate surface area is 202 Å². The molecule has 178 valence electrons. The number of unbranched alkanes of at least 4 members (excludes halogenated alkanes) is 1. The first kappa shape index (κ1) is 23.7. The molecule has 34 heavy (non-hydrogen) atoms. The van der Waals surface area contributed by atoms with Gasteiger partial charge in [0, 0.05) is 22.7 Å². The van der Waals surface area contributed by atoms with Gasteiger partial charge in [-0.15, -0.1) is 0 Å². The largest absolute Gasteiger partial charge is 0.494 e. The van der Waals surface area contributed by atoms with Gasteiger partial charge in [0.2, 0.25) is 0 Å². The maximum absolute atomic E-state index is 12.8. The van der Waals surface area contributed by atoms with E-state index < -0.39 is 0 Å². The van der Waals surface area contributed by atoms with Crippen LogP contribution in [0, 0.1) is 12.8 Å². The van der Waals surface area contributed by atoms with Gasteiger partial charge in [-0.25, -0.2) is 0 Å². The molecule has 2 unspecified atom stereocenters. The van der Waals surface area contributed by atoms with Gasteiger partial charge in [-0.3, -0.25) is 4.79 Å². The molecule has 0 spiro atoms.